The Morgan fingerprint density at radius 3 is 2.52 bits per heavy atom. The second-order valence-electron chi connectivity index (χ2n) is 4.66. The Hall–Kier alpha value is -1.40. The lowest BCUT2D eigenvalue weighted by atomic mass is 10.2. The predicted octanol–water partition coefficient (Wildman–Crippen LogP) is 2.27. The minimum atomic E-state index is -0.318. The highest BCUT2D eigenvalue weighted by molar-refractivity contribution is 7.14. The zero-order valence-corrected chi connectivity index (χ0v) is 13.9. The summed E-state index contributed by atoms with van der Waals surface area (Å²) in [6.45, 7) is 5.34. The fourth-order valence-corrected chi connectivity index (χ4v) is 3.06. The number of aryl methyl sites for hydroxylation is 2. The number of amides is 1. The molecule has 21 heavy (non-hydrogen) atoms. The van der Waals surface area contributed by atoms with Crippen LogP contribution >= 0.6 is 11.3 Å². The molecule has 6 heteroatoms. The van der Waals surface area contributed by atoms with Crippen molar-refractivity contribution >= 4 is 23.2 Å². The van der Waals surface area contributed by atoms with Crippen molar-refractivity contribution in [3.05, 3.63) is 21.4 Å². The molecular formula is C15H23NO4S. The Labute approximate surface area is 129 Å². The minimum Gasteiger partial charge on any atom is -0.469 e. The van der Waals surface area contributed by atoms with E-state index in [2.05, 4.69) is 11.7 Å². The lowest BCUT2D eigenvalue weighted by Gasteiger charge is -2.21. The molecule has 1 heterocycles. The Balaban J connectivity index is 2.79. The molecule has 0 fully saturated rings. The van der Waals surface area contributed by atoms with Crippen LogP contribution in [0.3, 0.4) is 0 Å². The van der Waals surface area contributed by atoms with Gasteiger partial charge in [0.25, 0.3) is 5.91 Å². The van der Waals surface area contributed by atoms with Crippen molar-refractivity contribution in [1.82, 2.24) is 4.90 Å². The summed E-state index contributed by atoms with van der Waals surface area (Å²) in [7, 11) is 2.94. The summed E-state index contributed by atoms with van der Waals surface area (Å²) in [6.07, 6.45) is 1.10. The van der Waals surface area contributed by atoms with Crippen LogP contribution in [0, 0.1) is 6.92 Å². The smallest absolute Gasteiger partial charge is 0.307 e. The second kappa shape index (κ2) is 8.79. The maximum atomic E-state index is 12.6. The van der Waals surface area contributed by atoms with Crippen LogP contribution in [0.4, 0.5) is 0 Å². The number of methoxy groups -OCH3 is 2. The Morgan fingerprint density at radius 2 is 2.00 bits per heavy atom. The van der Waals surface area contributed by atoms with Gasteiger partial charge in [0.2, 0.25) is 0 Å². The zero-order valence-electron chi connectivity index (χ0n) is 13.1. The molecule has 0 aliphatic heterocycles. The predicted molar refractivity (Wildman–Crippen MR) is 82.8 cm³/mol. The molecule has 5 nitrogen and oxygen atoms in total. The number of carbonyl (C=O) groups is 2. The van der Waals surface area contributed by atoms with E-state index in [9.17, 15) is 9.59 Å². The summed E-state index contributed by atoms with van der Waals surface area (Å²) in [4.78, 5) is 27.4. The lowest BCUT2D eigenvalue weighted by Crippen LogP contribution is -2.35. The van der Waals surface area contributed by atoms with E-state index >= 15 is 0 Å². The molecule has 0 saturated carbocycles. The molecule has 0 aromatic carbocycles. The summed E-state index contributed by atoms with van der Waals surface area (Å²) in [5.41, 5.74) is 1.20. The van der Waals surface area contributed by atoms with Gasteiger partial charge in [-0.05, 0) is 25.0 Å². The summed E-state index contributed by atoms with van der Waals surface area (Å²) in [5, 5.41) is 0. The molecule has 1 aromatic heterocycles. The molecule has 0 bridgehead atoms. The van der Waals surface area contributed by atoms with Crippen molar-refractivity contribution in [3.8, 4) is 0 Å². The number of esters is 1. The van der Waals surface area contributed by atoms with Gasteiger partial charge in [0.15, 0.2) is 0 Å². The number of hydrogen-bond acceptors (Lipinski definition) is 5. The van der Waals surface area contributed by atoms with Gasteiger partial charge < -0.3 is 14.4 Å². The molecule has 118 valence electrons. The number of thiophene rings is 1. The van der Waals surface area contributed by atoms with E-state index in [0.29, 0.717) is 24.6 Å². The van der Waals surface area contributed by atoms with Gasteiger partial charge in [0, 0.05) is 25.1 Å². The molecule has 1 rings (SSSR count). The van der Waals surface area contributed by atoms with Crippen LogP contribution in [0.1, 0.15) is 33.5 Å². The van der Waals surface area contributed by atoms with Crippen molar-refractivity contribution in [2.75, 3.05) is 33.9 Å². The van der Waals surface area contributed by atoms with Gasteiger partial charge in [-0.2, -0.15) is 0 Å². The third-order valence-corrected chi connectivity index (χ3v) is 4.36. The first-order chi connectivity index (χ1) is 10.0. The topological polar surface area (TPSA) is 55.8 Å². The van der Waals surface area contributed by atoms with E-state index in [0.717, 1.165) is 6.42 Å². The van der Waals surface area contributed by atoms with Crippen molar-refractivity contribution in [2.24, 2.45) is 0 Å². The van der Waals surface area contributed by atoms with Gasteiger partial charge in [0.05, 0.1) is 25.0 Å². The fraction of sp³-hybridized carbons (Fsp3) is 0.600. The van der Waals surface area contributed by atoms with Crippen molar-refractivity contribution in [3.63, 3.8) is 0 Å². The van der Waals surface area contributed by atoms with Crippen molar-refractivity contribution in [1.29, 1.82) is 0 Å². The average Bonchev–Trinajstić information content (AvgIpc) is 2.87. The molecule has 0 atom stereocenters. The van der Waals surface area contributed by atoms with E-state index in [4.69, 9.17) is 4.74 Å². The summed E-state index contributed by atoms with van der Waals surface area (Å²) >= 11 is 1.50. The molecule has 1 amide bonds. The van der Waals surface area contributed by atoms with Crippen molar-refractivity contribution in [2.45, 2.75) is 26.7 Å². The lowest BCUT2D eigenvalue weighted by molar-refractivity contribution is -0.140. The van der Waals surface area contributed by atoms with Gasteiger partial charge in [0.1, 0.15) is 0 Å². The largest absolute Gasteiger partial charge is 0.469 e. The Bertz CT molecular complexity index is 484. The molecular weight excluding hydrogens is 290 g/mol. The van der Waals surface area contributed by atoms with E-state index in [1.165, 1.54) is 28.9 Å². The van der Waals surface area contributed by atoms with E-state index in [1.807, 2.05) is 13.0 Å². The Kier molecular flexibility index (Phi) is 7.39. The first-order valence-electron chi connectivity index (χ1n) is 6.97. The monoisotopic (exact) mass is 313 g/mol. The number of ether oxygens (including phenoxy) is 2. The van der Waals surface area contributed by atoms with Crippen LogP contribution in [0.25, 0.3) is 0 Å². The molecule has 0 radical (unpaired) electrons. The van der Waals surface area contributed by atoms with Gasteiger partial charge in [-0.1, -0.05) is 6.92 Å². The quantitative estimate of drug-likeness (QED) is 0.691. The van der Waals surface area contributed by atoms with E-state index < -0.39 is 0 Å². The molecule has 1 aromatic rings. The first kappa shape index (κ1) is 17.7. The maximum Gasteiger partial charge on any atom is 0.307 e. The highest BCUT2D eigenvalue weighted by atomic mass is 32.1. The first-order valence-corrected chi connectivity index (χ1v) is 7.79. The third-order valence-electron chi connectivity index (χ3n) is 3.28. The number of carbonyl (C=O) groups excluding carboxylic acids is 2. The third kappa shape index (κ3) is 5.13. The normalized spacial score (nSPS) is 10.5. The van der Waals surface area contributed by atoms with Crippen LogP contribution in [0.2, 0.25) is 0 Å². The summed E-state index contributed by atoms with van der Waals surface area (Å²) < 4.78 is 9.66. The highest BCUT2D eigenvalue weighted by Gasteiger charge is 2.19. The minimum absolute atomic E-state index is 0.0521. The highest BCUT2D eigenvalue weighted by Crippen LogP contribution is 2.23. The number of rotatable bonds is 8. The van der Waals surface area contributed by atoms with Crippen LogP contribution in [0.15, 0.2) is 6.07 Å². The number of nitrogens with zero attached hydrogens (tertiary/aromatic N) is 1. The van der Waals surface area contributed by atoms with Gasteiger partial charge in [-0.15, -0.1) is 11.3 Å². The van der Waals surface area contributed by atoms with Crippen molar-refractivity contribution < 1.29 is 19.1 Å². The SMILES string of the molecule is CCc1cc(C(=O)N(CCOC)CCC(=O)OC)sc1C. The van der Waals surface area contributed by atoms with Gasteiger partial charge in [-0.25, -0.2) is 0 Å². The van der Waals surface area contributed by atoms with E-state index in [1.54, 1.807) is 12.0 Å². The molecule has 0 saturated heterocycles. The summed E-state index contributed by atoms with van der Waals surface area (Å²) in [6, 6.07) is 1.94. The van der Waals surface area contributed by atoms with E-state index in [-0.39, 0.29) is 18.3 Å². The Morgan fingerprint density at radius 1 is 1.29 bits per heavy atom. The molecule has 0 aliphatic rings. The van der Waals surface area contributed by atoms with Gasteiger partial charge in [-0.3, -0.25) is 9.59 Å². The van der Waals surface area contributed by atoms with Crippen LogP contribution in [-0.4, -0.2) is 50.7 Å². The van der Waals surface area contributed by atoms with Crippen LogP contribution < -0.4 is 0 Å². The van der Waals surface area contributed by atoms with Gasteiger partial charge >= 0.3 is 5.97 Å². The molecule has 0 aliphatic carbocycles. The van der Waals surface area contributed by atoms with Crippen LogP contribution in [-0.2, 0) is 20.7 Å². The average molecular weight is 313 g/mol. The molecule has 0 unspecified atom stereocenters. The fourth-order valence-electron chi connectivity index (χ4n) is 1.98. The molecule has 0 N–H and O–H groups in total. The summed E-state index contributed by atoms with van der Waals surface area (Å²) in [5.74, 6) is -0.370. The standard InChI is InChI=1S/C15H23NO4S/c1-5-12-10-13(21-11(12)2)15(18)16(8-9-19-3)7-6-14(17)20-4/h10H,5-9H2,1-4H3. The zero-order chi connectivity index (χ0) is 15.8. The maximum absolute atomic E-state index is 12.6. The molecule has 0 spiro atoms. The van der Waals surface area contributed by atoms with Crippen LogP contribution in [0.5, 0.6) is 0 Å². The second-order valence-corrected chi connectivity index (χ2v) is 5.91. The number of hydrogen-bond donors (Lipinski definition) is 0.